The number of hydrogen-bond donors (Lipinski definition) is 0. The quantitative estimate of drug-likeness (QED) is 0.661. The SMILES string of the molecule is CC(C)=CC(CC(C)(C)c1ccc(F)cc1)N1CCC(N2CCOCC2)CC1. The monoisotopic (exact) mass is 388 g/mol. The molecule has 1 atom stereocenters. The van der Waals surface area contributed by atoms with Crippen LogP contribution in [0.3, 0.4) is 0 Å². The number of likely N-dealkylation sites (tertiary alicyclic amines) is 1. The molecule has 1 unspecified atom stereocenters. The molecule has 156 valence electrons. The Morgan fingerprint density at radius 3 is 2.29 bits per heavy atom. The Labute approximate surface area is 170 Å². The van der Waals surface area contributed by atoms with Crippen LogP contribution in [0.1, 0.15) is 52.5 Å². The van der Waals surface area contributed by atoms with Crippen LogP contribution < -0.4 is 0 Å². The van der Waals surface area contributed by atoms with Gasteiger partial charge in [-0.1, -0.05) is 37.6 Å². The lowest BCUT2D eigenvalue weighted by molar-refractivity contribution is -0.00233. The number of benzene rings is 1. The molecule has 2 fully saturated rings. The Kier molecular flexibility index (Phi) is 7.30. The van der Waals surface area contributed by atoms with E-state index in [4.69, 9.17) is 4.74 Å². The molecule has 0 aromatic heterocycles. The summed E-state index contributed by atoms with van der Waals surface area (Å²) < 4.78 is 18.9. The van der Waals surface area contributed by atoms with Crippen molar-refractivity contribution < 1.29 is 9.13 Å². The zero-order valence-electron chi connectivity index (χ0n) is 18.1. The van der Waals surface area contributed by atoms with Gasteiger partial charge in [-0.15, -0.1) is 0 Å². The van der Waals surface area contributed by atoms with Gasteiger partial charge in [0.1, 0.15) is 5.82 Å². The highest BCUT2D eigenvalue weighted by Gasteiger charge is 2.32. The number of allylic oxidation sites excluding steroid dienone is 1. The molecule has 3 nitrogen and oxygen atoms in total. The number of halogens is 1. The van der Waals surface area contributed by atoms with Gasteiger partial charge < -0.3 is 4.74 Å². The molecule has 0 radical (unpaired) electrons. The molecule has 2 aliphatic heterocycles. The maximum atomic E-state index is 13.4. The maximum Gasteiger partial charge on any atom is 0.123 e. The second-order valence-electron chi connectivity index (χ2n) is 9.32. The summed E-state index contributed by atoms with van der Waals surface area (Å²) in [4.78, 5) is 5.29. The molecule has 0 N–H and O–H groups in total. The topological polar surface area (TPSA) is 15.7 Å². The van der Waals surface area contributed by atoms with Crippen molar-refractivity contribution in [2.75, 3.05) is 39.4 Å². The highest BCUT2D eigenvalue weighted by atomic mass is 19.1. The van der Waals surface area contributed by atoms with Gasteiger partial charge in [0.15, 0.2) is 0 Å². The normalized spacial score (nSPS) is 21.5. The molecular formula is C24H37FN2O. The van der Waals surface area contributed by atoms with Crippen molar-refractivity contribution in [3.05, 3.63) is 47.3 Å². The summed E-state index contributed by atoms with van der Waals surface area (Å²) in [5.74, 6) is -0.161. The fourth-order valence-electron chi connectivity index (χ4n) is 4.75. The van der Waals surface area contributed by atoms with Crippen molar-refractivity contribution in [1.29, 1.82) is 0 Å². The van der Waals surface area contributed by atoms with E-state index in [2.05, 4.69) is 43.6 Å². The lowest BCUT2D eigenvalue weighted by atomic mass is 9.78. The van der Waals surface area contributed by atoms with E-state index in [0.717, 1.165) is 45.8 Å². The van der Waals surface area contributed by atoms with Gasteiger partial charge in [0.05, 0.1) is 13.2 Å². The van der Waals surface area contributed by atoms with Crippen molar-refractivity contribution in [3.8, 4) is 0 Å². The average Bonchev–Trinajstić information content (AvgIpc) is 2.68. The van der Waals surface area contributed by atoms with Gasteiger partial charge in [0.25, 0.3) is 0 Å². The van der Waals surface area contributed by atoms with Crippen LogP contribution in [-0.2, 0) is 10.2 Å². The zero-order chi connectivity index (χ0) is 20.1. The molecule has 2 aliphatic rings. The Bertz CT molecular complexity index is 637. The molecule has 0 spiro atoms. The molecular weight excluding hydrogens is 351 g/mol. The average molecular weight is 389 g/mol. The van der Waals surface area contributed by atoms with E-state index in [1.165, 1.54) is 24.0 Å². The predicted molar refractivity (Wildman–Crippen MR) is 114 cm³/mol. The van der Waals surface area contributed by atoms with Crippen molar-refractivity contribution in [2.24, 2.45) is 0 Å². The number of hydrogen-bond acceptors (Lipinski definition) is 3. The van der Waals surface area contributed by atoms with Gasteiger partial charge in [0.2, 0.25) is 0 Å². The molecule has 4 heteroatoms. The van der Waals surface area contributed by atoms with Crippen molar-refractivity contribution >= 4 is 0 Å². The predicted octanol–water partition coefficient (Wildman–Crippen LogP) is 4.62. The standard InChI is InChI=1S/C24H37FN2O/c1-19(2)17-23(18-24(3,4)20-5-7-21(25)8-6-20)26-11-9-22(10-12-26)27-13-15-28-16-14-27/h5-8,17,22-23H,9-16,18H2,1-4H3. The smallest absolute Gasteiger partial charge is 0.123 e. The van der Waals surface area contributed by atoms with Gasteiger partial charge >= 0.3 is 0 Å². The third kappa shape index (κ3) is 5.65. The first kappa shape index (κ1) is 21.5. The summed E-state index contributed by atoms with van der Waals surface area (Å²) in [6.45, 7) is 15.2. The molecule has 28 heavy (non-hydrogen) atoms. The van der Waals surface area contributed by atoms with E-state index < -0.39 is 0 Å². The molecule has 0 amide bonds. The van der Waals surface area contributed by atoms with Crippen LogP contribution in [0.4, 0.5) is 4.39 Å². The minimum absolute atomic E-state index is 0.00533. The fraction of sp³-hybridized carbons (Fsp3) is 0.667. The van der Waals surface area contributed by atoms with Crippen LogP contribution in [0.5, 0.6) is 0 Å². The van der Waals surface area contributed by atoms with Gasteiger partial charge in [-0.2, -0.15) is 0 Å². The third-order valence-electron chi connectivity index (χ3n) is 6.40. The number of rotatable bonds is 6. The maximum absolute atomic E-state index is 13.4. The molecule has 1 aromatic rings. The van der Waals surface area contributed by atoms with Gasteiger partial charge in [-0.25, -0.2) is 4.39 Å². The first-order chi connectivity index (χ1) is 13.3. The van der Waals surface area contributed by atoms with Crippen LogP contribution in [0, 0.1) is 5.82 Å². The third-order valence-corrected chi connectivity index (χ3v) is 6.40. The fourth-order valence-corrected chi connectivity index (χ4v) is 4.75. The van der Waals surface area contributed by atoms with Gasteiger partial charge in [-0.3, -0.25) is 9.80 Å². The van der Waals surface area contributed by atoms with Crippen LogP contribution in [0.2, 0.25) is 0 Å². The number of nitrogens with zero attached hydrogens (tertiary/aromatic N) is 2. The number of ether oxygens (including phenoxy) is 1. The van der Waals surface area contributed by atoms with Crippen LogP contribution >= 0.6 is 0 Å². The minimum atomic E-state index is -0.161. The summed E-state index contributed by atoms with van der Waals surface area (Å²) in [7, 11) is 0. The summed E-state index contributed by atoms with van der Waals surface area (Å²) >= 11 is 0. The van der Waals surface area contributed by atoms with Crippen LogP contribution in [0.15, 0.2) is 35.9 Å². The Hall–Kier alpha value is -1.23. The first-order valence-electron chi connectivity index (χ1n) is 10.8. The lowest BCUT2D eigenvalue weighted by Crippen LogP contribution is -2.51. The van der Waals surface area contributed by atoms with Crippen LogP contribution in [0.25, 0.3) is 0 Å². The summed E-state index contributed by atoms with van der Waals surface area (Å²) in [5, 5.41) is 0. The lowest BCUT2D eigenvalue weighted by Gasteiger charge is -2.43. The molecule has 3 rings (SSSR count). The molecule has 0 aliphatic carbocycles. The Morgan fingerprint density at radius 1 is 1.11 bits per heavy atom. The van der Waals surface area contributed by atoms with Crippen molar-refractivity contribution in [3.63, 3.8) is 0 Å². The second kappa shape index (κ2) is 9.51. The Balaban J connectivity index is 1.65. The largest absolute Gasteiger partial charge is 0.379 e. The first-order valence-corrected chi connectivity index (χ1v) is 10.8. The van der Waals surface area contributed by atoms with Gasteiger partial charge in [0, 0.05) is 38.3 Å². The van der Waals surface area contributed by atoms with Crippen molar-refractivity contribution in [1.82, 2.24) is 9.80 Å². The molecule has 2 heterocycles. The number of piperidine rings is 1. The summed E-state index contributed by atoms with van der Waals surface area (Å²) in [5.41, 5.74) is 2.59. The molecule has 0 saturated carbocycles. The zero-order valence-corrected chi connectivity index (χ0v) is 18.1. The van der Waals surface area contributed by atoms with E-state index >= 15 is 0 Å². The van der Waals surface area contributed by atoms with Crippen molar-refractivity contribution in [2.45, 2.75) is 64.5 Å². The summed E-state index contributed by atoms with van der Waals surface area (Å²) in [6.07, 6.45) is 5.96. The van der Waals surface area contributed by atoms with Crippen LogP contribution in [-0.4, -0.2) is 61.3 Å². The highest BCUT2D eigenvalue weighted by molar-refractivity contribution is 5.25. The molecule has 1 aromatic carbocycles. The minimum Gasteiger partial charge on any atom is -0.379 e. The highest BCUT2D eigenvalue weighted by Crippen LogP contribution is 2.32. The van der Waals surface area contributed by atoms with Gasteiger partial charge in [-0.05, 0) is 56.2 Å². The van der Waals surface area contributed by atoms with E-state index in [-0.39, 0.29) is 11.2 Å². The van der Waals surface area contributed by atoms with E-state index in [0.29, 0.717) is 12.1 Å². The Morgan fingerprint density at radius 2 is 1.71 bits per heavy atom. The number of morpholine rings is 1. The molecule has 2 saturated heterocycles. The molecule has 0 bridgehead atoms. The van der Waals surface area contributed by atoms with E-state index in [1.54, 1.807) is 12.1 Å². The summed E-state index contributed by atoms with van der Waals surface area (Å²) in [6, 6.07) is 8.19. The second-order valence-corrected chi connectivity index (χ2v) is 9.32. The van der Waals surface area contributed by atoms with E-state index in [9.17, 15) is 4.39 Å². The van der Waals surface area contributed by atoms with E-state index in [1.807, 2.05) is 12.1 Å².